The van der Waals surface area contributed by atoms with Gasteiger partial charge in [-0.05, 0) is 55.0 Å². The van der Waals surface area contributed by atoms with Crippen molar-refractivity contribution in [3.8, 4) is 0 Å². The van der Waals surface area contributed by atoms with Crippen LogP contribution in [0.15, 0.2) is 41.3 Å². The number of benzene rings is 2. The zero-order chi connectivity index (χ0) is 21.3. The van der Waals surface area contributed by atoms with Gasteiger partial charge in [0.1, 0.15) is 0 Å². The molecular formula is C22H30N2O3S. The zero-order valence-electron chi connectivity index (χ0n) is 17.8. The van der Waals surface area contributed by atoms with Gasteiger partial charge in [0.25, 0.3) is 0 Å². The fraction of sp³-hybridized carbons (Fsp3) is 0.409. The second kappa shape index (κ2) is 8.05. The molecule has 6 heteroatoms. The van der Waals surface area contributed by atoms with Crippen molar-refractivity contribution in [2.45, 2.75) is 51.9 Å². The monoisotopic (exact) mass is 402 g/mol. The summed E-state index contributed by atoms with van der Waals surface area (Å²) >= 11 is 0. The van der Waals surface area contributed by atoms with Crippen LogP contribution in [0, 0.1) is 20.8 Å². The largest absolute Gasteiger partial charge is 0.324 e. The summed E-state index contributed by atoms with van der Waals surface area (Å²) in [7, 11) is -2.32. The molecule has 28 heavy (non-hydrogen) atoms. The number of amides is 1. The summed E-state index contributed by atoms with van der Waals surface area (Å²) in [5.74, 6) is -0.368. The van der Waals surface area contributed by atoms with Gasteiger partial charge in [0.2, 0.25) is 15.9 Å². The molecule has 0 aromatic heterocycles. The zero-order valence-corrected chi connectivity index (χ0v) is 18.6. The summed E-state index contributed by atoms with van der Waals surface area (Å²) in [5, 5.41) is 2.84. The average Bonchev–Trinajstić information content (AvgIpc) is 2.57. The van der Waals surface area contributed by atoms with Crippen LogP contribution in [0.1, 0.15) is 43.0 Å². The number of hydrogen-bond acceptors (Lipinski definition) is 3. The number of hydrogen-bond donors (Lipinski definition) is 1. The number of carbonyl (C=O) groups is 1. The van der Waals surface area contributed by atoms with Crippen LogP contribution in [0.2, 0.25) is 0 Å². The maximum absolute atomic E-state index is 12.8. The van der Waals surface area contributed by atoms with Crippen molar-refractivity contribution in [3.63, 3.8) is 0 Å². The molecule has 5 nitrogen and oxygen atoms in total. The first-order chi connectivity index (χ1) is 12.8. The maximum atomic E-state index is 12.8. The fourth-order valence-corrected chi connectivity index (χ4v) is 4.28. The molecule has 0 heterocycles. The molecule has 2 aromatic rings. The van der Waals surface area contributed by atoms with Crippen LogP contribution < -0.4 is 5.32 Å². The van der Waals surface area contributed by atoms with Crippen LogP contribution in [-0.4, -0.2) is 32.2 Å². The predicted molar refractivity (Wildman–Crippen MR) is 114 cm³/mol. The van der Waals surface area contributed by atoms with E-state index in [1.807, 2.05) is 45.0 Å². The van der Waals surface area contributed by atoms with Crippen LogP contribution >= 0.6 is 0 Å². The van der Waals surface area contributed by atoms with Gasteiger partial charge in [-0.25, -0.2) is 8.42 Å². The Balaban J connectivity index is 2.15. The molecule has 0 saturated heterocycles. The van der Waals surface area contributed by atoms with Gasteiger partial charge >= 0.3 is 0 Å². The lowest BCUT2D eigenvalue weighted by Crippen LogP contribution is -2.35. The van der Waals surface area contributed by atoms with Crippen LogP contribution in [0.25, 0.3) is 0 Å². The molecule has 0 saturated carbocycles. The number of rotatable bonds is 5. The highest BCUT2D eigenvalue weighted by Crippen LogP contribution is 2.25. The summed E-state index contributed by atoms with van der Waals surface area (Å²) in [6.07, 6.45) is 0. The summed E-state index contributed by atoms with van der Waals surface area (Å²) < 4.78 is 26.7. The first-order valence-electron chi connectivity index (χ1n) is 9.27. The third kappa shape index (κ3) is 5.00. The van der Waals surface area contributed by atoms with Gasteiger partial charge in [-0.1, -0.05) is 50.6 Å². The molecule has 1 N–H and O–H groups in total. The first-order valence-corrected chi connectivity index (χ1v) is 10.7. The molecule has 0 aliphatic carbocycles. The predicted octanol–water partition coefficient (Wildman–Crippen LogP) is 4.17. The lowest BCUT2D eigenvalue weighted by atomic mass is 9.87. The van der Waals surface area contributed by atoms with Gasteiger partial charge in [-0.3, -0.25) is 4.79 Å². The second-order valence-corrected chi connectivity index (χ2v) is 10.4. The van der Waals surface area contributed by atoms with Gasteiger partial charge in [-0.15, -0.1) is 0 Å². The Hall–Kier alpha value is -2.18. The Bertz CT molecular complexity index is 949. The lowest BCUT2D eigenvalue weighted by molar-refractivity contribution is -0.116. The van der Waals surface area contributed by atoms with E-state index < -0.39 is 10.0 Å². The lowest BCUT2D eigenvalue weighted by Gasteiger charge is -2.21. The van der Waals surface area contributed by atoms with Crippen molar-refractivity contribution in [1.29, 1.82) is 0 Å². The second-order valence-electron chi connectivity index (χ2n) is 8.36. The number of anilines is 1. The SMILES string of the molecule is Cc1cc(C)c(NC(=O)CN(C)S(=O)(=O)c2ccc(C(C)(C)C)cc2)c(C)c1. The highest BCUT2D eigenvalue weighted by Gasteiger charge is 2.24. The number of carbonyl (C=O) groups excluding carboxylic acids is 1. The van der Waals surface area contributed by atoms with E-state index in [9.17, 15) is 13.2 Å². The van der Waals surface area contributed by atoms with E-state index in [1.165, 1.54) is 7.05 Å². The molecule has 1 amide bonds. The smallest absolute Gasteiger partial charge is 0.243 e. The maximum Gasteiger partial charge on any atom is 0.243 e. The van der Waals surface area contributed by atoms with Crippen molar-refractivity contribution in [3.05, 3.63) is 58.7 Å². The number of aryl methyl sites for hydroxylation is 3. The first kappa shape index (κ1) is 22.1. The Labute approximate surface area is 168 Å². The fourth-order valence-electron chi connectivity index (χ4n) is 3.15. The van der Waals surface area contributed by atoms with Crippen LogP contribution in [0.3, 0.4) is 0 Å². The minimum atomic E-state index is -3.74. The summed E-state index contributed by atoms with van der Waals surface area (Å²) in [5.41, 5.74) is 4.75. The molecule has 0 radical (unpaired) electrons. The van der Waals surface area contributed by atoms with E-state index in [0.29, 0.717) is 0 Å². The van der Waals surface area contributed by atoms with Crippen LogP contribution in [0.5, 0.6) is 0 Å². The molecule has 0 bridgehead atoms. The standard InChI is InChI=1S/C22H30N2O3S/c1-15-12-16(2)21(17(3)13-15)23-20(25)14-24(7)28(26,27)19-10-8-18(9-11-19)22(4,5)6/h8-13H,14H2,1-7H3,(H,23,25). The molecule has 0 aliphatic rings. The third-order valence-electron chi connectivity index (χ3n) is 4.74. The Morgan fingerprint density at radius 2 is 1.50 bits per heavy atom. The van der Waals surface area contributed by atoms with Crippen molar-refractivity contribution in [2.75, 3.05) is 18.9 Å². The van der Waals surface area contributed by atoms with Gasteiger partial charge in [0.15, 0.2) is 0 Å². The molecule has 0 atom stereocenters. The third-order valence-corrected chi connectivity index (χ3v) is 6.55. The van der Waals surface area contributed by atoms with E-state index in [0.717, 1.165) is 32.2 Å². The van der Waals surface area contributed by atoms with E-state index in [4.69, 9.17) is 0 Å². The van der Waals surface area contributed by atoms with Gasteiger partial charge in [-0.2, -0.15) is 4.31 Å². The topological polar surface area (TPSA) is 66.5 Å². The Morgan fingerprint density at radius 3 is 1.96 bits per heavy atom. The van der Waals surface area contributed by atoms with Crippen molar-refractivity contribution < 1.29 is 13.2 Å². The van der Waals surface area contributed by atoms with Crippen molar-refractivity contribution in [2.24, 2.45) is 0 Å². The van der Waals surface area contributed by atoms with E-state index >= 15 is 0 Å². The highest BCUT2D eigenvalue weighted by molar-refractivity contribution is 7.89. The van der Waals surface area contributed by atoms with Crippen LogP contribution in [-0.2, 0) is 20.2 Å². The summed E-state index contributed by atoms with van der Waals surface area (Å²) in [6.45, 7) is 11.8. The van der Waals surface area contributed by atoms with Gasteiger partial charge in [0, 0.05) is 12.7 Å². The molecule has 2 rings (SSSR count). The highest BCUT2D eigenvalue weighted by atomic mass is 32.2. The molecule has 0 aliphatic heterocycles. The molecule has 2 aromatic carbocycles. The number of nitrogens with zero attached hydrogens (tertiary/aromatic N) is 1. The summed E-state index contributed by atoms with van der Waals surface area (Å²) in [6, 6.07) is 10.8. The van der Waals surface area contributed by atoms with Gasteiger partial charge in [0.05, 0.1) is 11.4 Å². The minimum absolute atomic E-state index is 0.0577. The van der Waals surface area contributed by atoms with E-state index in [-0.39, 0.29) is 22.8 Å². The summed E-state index contributed by atoms with van der Waals surface area (Å²) in [4.78, 5) is 12.6. The number of sulfonamides is 1. The van der Waals surface area contributed by atoms with Gasteiger partial charge < -0.3 is 5.32 Å². The Morgan fingerprint density at radius 1 is 1.00 bits per heavy atom. The minimum Gasteiger partial charge on any atom is -0.324 e. The van der Waals surface area contributed by atoms with E-state index in [1.54, 1.807) is 12.1 Å². The van der Waals surface area contributed by atoms with Crippen molar-refractivity contribution in [1.82, 2.24) is 4.31 Å². The molecule has 152 valence electrons. The normalized spacial score (nSPS) is 12.3. The van der Waals surface area contributed by atoms with E-state index in [2.05, 4.69) is 26.1 Å². The van der Waals surface area contributed by atoms with Crippen LogP contribution in [0.4, 0.5) is 5.69 Å². The molecule has 0 unspecified atom stereocenters. The Kier molecular flexibility index (Phi) is 6.36. The molecular weight excluding hydrogens is 372 g/mol. The number of likely N-dealkylation sites (N-methyl/N-ethyl adjacent to an activating group) is 1. The number of nitrogens with one attached hydrogen (secondary N) is 1. The average molecular weight is 403 g/mol. The van der Waals surface area contributed by atoms with Crippen molar-refractivity contribution >= 4 is 21.6 Å². The molecule has 0 spiro atoms. The quantitative estimate of drug-likeness (QED) is 0.816. The molecule has 0 fully saturated rings.